The lowest BCUT2D eigenvalue weighted by Crippen LogP contribution is -2.03. The van der Waals surface area contributed by atoms with Crippen LogP contribution in [-0.4, -0.2) is 7.11 Å². The number of methoxy groups -OCH3 is 1. The Kier molecular flexibility index (Phi) is 2.31. The van der Waals surface area contributed by atoms with Gasteiger partial charge in [0.25, 0.3) is 0 Å². The average Bonchev–Trinajstić information content (AvgIpc) is 3.10. The number of ether oxygens (including phenoxy) is 1. The van der Waals surface area contributed by atoms with E-state index in [0.29, 0.717) is 0 Å². The number of nitrogens with zero attached hydrogens (tertiary/aromatic N) is 1. The molecule has 2 nitrogen and oxygen atoms in total. The van der Waals surface area contributed by atoms with Crippen LogP contribution in [0.4, 0.5) is 0 Å². The van der Waals surface area contributed by atoms with Gasteiger partial charge in [-0.2, -0.15) is 5.26 Å². The maximum atomic E-state index is 9.02. The molecule has 0 spiro atoms. The van der Waals surface area contributed by atoms with Gasteiger partial charge in [-0.3, -0.25) is 0 Å². The van der Waals surface area contributed by atoms with E-state index in [1.807, 2.05) is 12.1 Å². The van der Waals surface area contributed by atoms with Crippen molar-refractivity contribution in [3.8, 4) is 11.8 Å². The summed E-state index contributed by atoms with van der Waals surface area (Å²) in [5.74, 6) is 1.05. The third kappa shape index (κ3) is 1.55. The minimum Gasteiger partial charge on any atom is -0.497 e. The number of rotatable bonds is 2. The Labute approximate surface area is 107 Å². The number of hydrogen-bond acceptors (Lipinski definition) is 2. The van der Waals surface area contributed by atoms with E-state index in [4.69, 9.17) is 10.00 Å². The van der Waals surface area contributed by atoms with Crippen LogP contribution in [0.15, 0.2) is 36.4 Å². The van der Waals surface area contributed by atoms with Gasteiger partial charge in [0.1, 0.15) is 5.75 Å². The Bertz CT molecular complexity index is 656. The smallest absolute Gasteiger partial charge is 0.119 e. The Morgan fingerprint density at radius 2 is 1.94 bits per heavy atom. The summed E-state index contributed by atoms with van der Waals surface area (Å²) in [5.41, 5.74) is 1.33. The normalized spacial score (nSPS) is 25.7. The first-order chi connectivity index (χ1) is 8.67. The zero-order valence-electron chi connectivity index (χ0n) is 10.6. The van der Waals surface area contributed by atoms with Gasteiger partial charge in [-0.05, 0) is 34.9 Å². The molecule has 0 radical (unpaired) electrons. The van der Waals surface area contributed by atoms with Crippen LogP contribution in [0.5, 0.6) is 5.75 Å². The van der Waals surface area contributed by atoms with Gasteiger partial charge < -0.3 is 4.74 Å². The zero-order chi connectivity index (χ0) is 12.8. The van der Waals surface area contributed by atoms with Crippen LogP contribution in [-0.2, 0) is 5.41 Å². The van der Waals surface area contributed by atoms with Crippen LogP contribution in [0.3, 0.4) is 0 Å². The summed E-state index contributed by atoms with van der Waals surface area (Å²) < 4.78 is 5.22. The Hall–Kier alpha value is -2.01. The van der Waals surface area contributed by atoms with Crippen LogP contribution in [0, 0.1) is 17.2 Å². The van der Waals surface area contributed by atoms with Crippen LogP contribution in [0.1, 0.15) is 18.9 Å². The maximum absolute atomic E-state index is 9.02. The number of nitriles is 1. The minimum atomic E-state index is 0.0584. The molecular formula is C16H15NO. The highest BCUT2D eigenvalue weighted by Crippen LogP contribution is 2.53. The lowest BCUT2D eigenvalue weighted by molar-refractivity contribution is 0.415. The summed E-state index contributed by atoms with van der Waals surface area (Å²) in [6.07, 6.45) is 0.977. The second-order valence-electron chi connectivity index (χ2n) is 5.23. The Morgan fingerprint density at radius 3 is 2.61 bits per heavy atom. The van der Waals surface area contributed by atoms with Gasteiger partial charge in [0.2, 0.25) is 0 Å². The fourth-order valence-corrected chi connectivity index (χ4v) is 2.58. The first-order valence-electron chi connectivity index (χ1n) is 6.15. The summed E-state index contributed by atoms with van der Waals surface area (Å²) >= 11 is 0. The van der Waals surface area contributed by atoms with E-state index in [2.05, 4.69) is 37.3 Å². The molecule has 3 rings (SSSR count). The van der Waals surface area contributed by atoms with Crippen molar-refractivity contribution in [2.45, 2.75) is 18.8 Å². The Balaban J connectivity index is 2.05. The number of benzene rings is 2. The third-order valence-corrected chi connectivity index (χ3v) is 4.10. The largest absolute Gasteiger partial charge is 0.497 e. The predicted octanol–water partition coefficient (Wildman–Crippen LogP) is 3.65. The molecule has 1 saturated carbocycles. The second-order valence-corrected chi connectivity index (χ2v) is 5.23. The zero-order valence-corrected chi connectivity index (χ0v) is 10.6. The van der Waals surface area contributed by atoms with Crippen molar-refractivity contribution in [3.63, 3.8) is 0 Å². The lowest BCUT2D eigenvalue weighted by atomic mass is 9.93. The van der Waals surface area contributed by atoms with Crippen LogP contribution >= 0.6 is 0 Å². The molecule has 2 unspecified atom stereocenters. The molecule has 1 aliphatic rings. The molecule has 0 aromatic heterocycles. The molecule has 0 N–H and O–H groups in total. The van der Waals surface area contributed by atoms with Crippen molar-refractivity contribution in [3.05, 3.63) is 42.0 Å². The summed E-state index contributed by atoms with van der Waals surface area (Å²) in [4.78, 5) is 0. The number of hydrogen-bond donors (Lipinski definition) is 0. The summed E-state index contributed by atoms with van der Waals surface area (Å²) in [6, 6.07) is 14.9. The molecule has 2 aromatic carbocycles. The molecule has 0 saturated heterocycles. The van der Waals surface area contributed by atoms with Gasteiger partial charge in [-0.15, -0.1) is 0 Å². The molecule has 0 bridgehead atoms. The van der Waals surface area contributed by atoms with Gasteiger partial charge in [-0.1, -0.05) is 31.2 Å². The van der Waals surface area contributed by atoms with E-state index in [1.54, 1.807) is 7.11 Å². The monoisotopic (exact) mass is 237 g/mol. The van der Waals surface area contributed by atoms with Gasteiger partial charge >= 0.3 is 0 Å². The second kappa shape index (κ2) is 3.74. The predicted molar refractivity (Wildman–Crippen MR) is 71.6 cm³/mol. The molecule has 90 valence electrons. The van der Waals surface area contributed by atoms with E-state index in [9.17, 15) is 0 Å². The van der Waals surface area contributed by atoms with E-state index in [0.717, 1.165) is 12.2 Å². The summed E-state index contributed by atoms with van der Waals surface area (Å²) in [5, 5.41) is 11.4. The van der Waals surface area contributed by atoms with Gasteiger partial charge in [0.15, 0.2) is 0 Å². The van der Waals surface area contributed by atoms with Crippen molar-refractivity contribution < 1.29 is 4.74 Å². The molecule has 18 heavy (non-hydrogen) atoms. The van der Waals surface area contributed by atoms with Crippen molar-refractivity contribution in [2.24, 2.45) is 5.92 Å². The van der Waals surface area contributed by atoms with Crippen molar-refractivity contribution >= 4 is 10.8 Å². The quantitative estimate of drug-likeness (QED) is 0.798. The minimum absolute atomic E-state index is 0.0584. The average molecular weight is 237 g/mol. The van der Waals surface area contributed by atoms with Gasteiger partial charge in [0, 0.05) is 5.41 Å². The molecule has 2 heteroatoms. The maximum Gasteiger partial charge on any atom is 0.119 e. The summed E-state index contributed by atoms with van der Waals surface area (Å²) in [7, 11) is 1.68. The van der Waals surface area contributed by atoms with Crippen LogP contribution in [0.25, 0.3) is 10.8 Å². The highest BCUT2D eigenvalue weighted by molar-refractivity contribution is 5.85. The SMILES string of the molecule is COc1ccc2cc(C3(C)CC3C#N)ccc2c1. The van der Waals surface area contributed by atoms with Crippen LogP contribution < -0.4 is 4.74 Å². The van der Waals surface area contributed by atoms with Gasteiger partial charge in [-0.25, -0.2) is 0 Å². The standard InChI is InChI=1S/C16H15NO/c1-16(9-14(16)10-17)13-5-3-12-8-15(18-2)6-4-11(12)7-13/h3-8,14H,9H2,1-2H3. The van der Waals surface area contributed by atoms with Crippen molar-refractivity contribution in [1.82, 2.24) is 0 Å². The molecule has 2 aromatic rings. The fourth-order valence-electron chi connectivity index (χ4n) is 2.58. The highest BCUT2D eigenvalue weighted by atomic mass is 16.5. The molecule has 1 aliphatic carbocycles. The van der Waals surface area contributed by atoms with Crippen molar-refractivity contribution in [1.29, 1.82) is 5.26 Å². The van der Waals surface area contributed by atoms with Gasteiger partial charge in [0.05, 0.1) is 19.1 Å². The molecule has 2 atom stereocenters. The summed E-state index contributed by atoms with van der Waals surface area (Å²) in [6.45, 7) is 2.17. The van der Waals surface area contributed by atoms with E-state index in [1.165, 1.54) is 16.3 Å². The molecular weight excluding hydrogens is 222 g/mol. The highest BCUT2D eigenvalue weighted by Gasteiger charge is 2.51. The molecule has 0 amide bonds. The van der Waals surface area contributed by atoms with E-state index < -0.39 is 0 Å². The fraction of sp³-hybridized carbons (Fsp3) is 0.312. The Morgan fingerprint density at radius 1 is 1.22 bits per heavy atom. The first-order valence-corrected chi connectivity index (χ1v) is 6.15. The van der Waals surface area contributed by atoms with E-state index >= 15 is 0 Å². The molecule has 0 heterocycles. The lowest BCUT2D eigenvalue weighted by Gasteiger charge is -2.11. The van der Waals surface area contributed by atoms with Crippen LogP contribution in [0.2, 0.25) is 0 Å². The topological polar surface area (TPSA) is 33.0 Å². The number of fused-ring (bicyclic) bond motifs is 1. The van der Waals surface area contributed by atoms with Crippen molar-refractivity contribution in [2.75, 3.05) is 7.11 Å². The van der Waals surface area contributed by atoms with E-state index in [-0.39, 0.29) is 11.3 Å². The first kappa shape index (κ1) is 11.1. The molecule has 1 fully saturated rings. The third-order valence-electron chi connectivity index (χ3n) is 4.10. The molecule has 0 aliphatic heterocycles.